The average Bonchev–Trinajstić information content (AvgIpc) is 2.40. The van der Waals surface area contributed by atoms with Gasteiger partial charge >= 0.3 is 5.97 Å². The molecule has 100 valence electrons. The molecule has 1 saturated heterocycles. The minimum atomic E-state index is -2.55. The Morgan fingerprint density at radius 3 is 2.74 bits per heavy atom. The summed E-state index contributed by atoms with van der Waals surface area (Å²) in [4.78, 5) is 23.4. The number of carbonyl (C=O) groups excluding carboxylic acids is 2. The maximum absolute atomic E-state index is 14.4. The highest BCUT2D eigenvalue weighted by atomic mass is 19.1. The molecule has 5 heteroatoms. The van der Waals surface area contributed by atoms with Crippen LogP contribution < -0.4 is 5.32 Å². The van der Waals surface area contributed by atoms with Gasteiger partial charge < -0.3 is 10.1 Å². The van der Waals surface area contributed by atoms with Crippen LogP contribution in [0.4, 0.5) is 4.39 Å². The van der Waals surface area contributed by atoms with Gasteiger partial charge in [-0.3, -0.25) is 4.79 Å². The van der Waals surface area contributed by atoms with Crippen molar-refractivity contribution in [3.63, 3.8) is 0 Å². The molecule has 1 heterocycles. The van der Waals surface area contributed by atoms with Gasteiger partial charge in [0.25, 0.3) is 11.6 Å². The summed E-state index contributed by atoms with van der Waals surface area (Å²) >= 11 is 0. The van der Waals surface area contributed by atoms with Crippen molar-refractivity contribution < 1.29 is 18.7 Å². The van der Waals surface area contributed by atoms with Crippen molar-refractivity contribution >= 4 is 11.9 Å². The Kier molecular flexibility index (Phi) is 2.42. The van der Waals surface area contributed by atoms with E-state index in [1.807, 2.05) is 24.3 Å². The topological polar surface area (TPSA) is 55.4 Å². The Morgan fingerprint density at radius 2 is 2.11 bits per heavy atom. The smallest absolute Gasteiger partial charge is 0.353 e. The maximum Gasteiger partial charge on any atom is 0.353 e. The number of carbonyl (C=O) groups is 2. The lowest BCUT2D eigenvalue weighted by Crippen LogP contribution is -2.65. The average molecular weight is 263 g/mol. The Balaban J connectivity index is 1.87. The van der Waals surface area contributed by atoms with Gasteiger partial charge in [-0.15, -0.1) is 0 Å². The molecule has 2 aliphatic rings. The molecule has 1 aliphatic heterocycles. The van der Waals surface area contributed by atoms with E-state index >= 15 is 0 Å². The fraction of sp³-hybridized carbons (Fsp3) is 0.429. The molecule has 4 nitrogen and oxygen atoms in total. The molecular formula is C14H14FNO3. The van der Waals surface area contributed by atoms with E-state index in [-0.39, 0.29) is 6.42 Å². The van der Waals surface area contributed by atoms with E-state index in [1.165, 1.54) is 0 Å². The number of halogens is 1. The summed E-state index contributed by atoms with van der Waals surface area (Å²) in [5.74, 6) is -2.01. The molecule has 1 fully saturated rings. The molecule has 0 aromatic heterocycles. The highest BCUT2D eigenvalue weighted by Gasteiger charge is 2.58. The molecular weight excluding hydrogens is 249 g/mol. The van der Waals surface area contributed by atoms with E-state index in [2.05, 4.69) is 10.1 Å². The van der Waals surface area contributed by atoms with Crippen molar-refractivity contribution in [3.8, 4) is 0 Å². The number of hydrogen-bond donors (Lipinski definition) is 1. The van der Waals surface area contributed by atoms with Crippen LogP contribution in [0.2, 0.25) is 0 Å². The number of amides is 1. The number of nitrogens with one attached hydrogen (secondary N) is 1. The maximum atomic E-state index is 14.4. The Bertz CT molecular complexity index is 574. The summed E-state index contributed by atoms with van der Waals surface area (Å²) in [7, 11) is 1.08. The first-order valence-corrected chi connectivity index (χ1v) is 6.20. The van der Waals surface area contributed by atoms with Crippen molar-refractivity contribution in [3.05, 3.63) is 35.4 Å². The first-order chi connectivity index (χ1) is 9.02. The third-order valence-electron chi connectivity index (χ3n) is 4.14. The van der Waals surface area contributed by atoms with Crippen LogP contribution in [-0.2, 0) is 26.3 Å². The Labute approximate surface area is 109 Å². The van der Waals surface area contributed by atoms with Gasteiger partial charge in [-0.2, -0.15) is 0 Å². The van der Waals surface area contributed by atoms with E-state index in [0.717, 1.165) is 18.2 Å². The number of methoxy groups -OCH3 is 1. The van der Waals surface area contributed by atoms with Crippen molar-refractivity contribution in [1.82, 2.24) is 5.32 Å². The molecule has 2 atom stereocenters. The zero-order valence-corrected chi connectivity index (χ0v) is 10.5. The van der Waals surface area contributed by atoms with Gasteiger partial charge in [0, 0.05) is 12.8 Å². The molecule has 1 spiro atoms. The Morgan fingerprint density at radius 1 is 1.37 bits per heavy atom. The molecule has 1 aromatic carbocycles. The minimum absolute atomic E-state index is 0.139. The van der Waals surface area contributed by atoms with Crippen LogP contribution in [0.5, 0.6) is 0 Å². The quantitative estimate of drug-likeness (QED) is 0.612. The number of hydrogen-bond acceptors (Lipinski definition) is 3. The SMILES string of the molecule is COC(=O)C1(F)CC[C@]2(Cc3ccccc32)NC1=O. The van der Waals surface area contributed by atoms with Crippen LogP contribution in [0, 0.1) is 0 Å². The predicted octanol–water partition coefficient (Wildman–Crippen LogP) is 1.23. The third-order valence-corrected chi connectivity index (χ3v) is 4.14. The molecule has 0 radical (unpaired) electrons. The number of alkyl halides is 1. The molecule has 0 bridgehead atoms. The fourth-order valence-electron chi connectivity index (χ4n) is 3.02. The number of ether oxygens (including phenoxy) is 1. The van der Waals surface area contributed by atoms with Crippen LogP contribution >= 0.6 is 0 Å². The second-order valence-electron chi connectivity index (χ2n) is 5.16. The van der Waals surface area contributed by atoms with Crippen molar-refractivity contribution in [2.75, 3.05) is 7.11 Å². The summed E-state index contributed by atoms with van der Waals surface area (Å²) in [6.07, 6.45) is 0.952. The normalized spacial score (nSPS) is 32.2. The summed E-state index contributed by atoms with van der Waals surface area (Å²) in [5.41, 5.74) is -0.871. The fourth-order valence-corrected chi connectivity index (χ4v) is 3.02. The number of piperidine rings is 1. The molecule has 1 amide bonds. The van der Waals surface area contributed by atoms with Gasteiger partial charge in [0.05, 0.1) is 12.6 Å². The van der Waals surface area contributed by atoms with Crippen LogP contribution in [0.1, 0.15) is 24.0 Å². The van der Waals surface area contributed by atoms with Crippen LogP contribution in [0.25, 0.3) is 0 Å². The Hall–Kier alpha value is -1.91. The van der Waals surface area contributed by atoms with Crippen LogP contribution in [-0.4, -0.2) is 24.7 Å². The van der Waals surface area contributed by atoms with Gasteiger partial charge in [-0.25, -0.2) is 9.18 Å². The zero-order valence-electron chi connectivity index (χ0n) is 10.5. The van der Waals surface area contributed by atoms with Gasteiger partial charge in [0.1, 0.15) is 0 Å². The summed E-state index contributed by atoms with van der Waals surface area (Å²) < 4.78 is 18.7. The summed E-state index contributed by atoms with van der Waals surface area (Å²) in [5, 5.41) is 2.68. The molecule has 19 heavy (non-hydrogen) atoms. The monoisotopic (exact) mass is 263 g/mol. The largest absolute Gasteiger partial charge is 0.466 e. The van der Waals surface area contributed by atoms with Gasteiger partial charge in [-0.1, -0.05) is 24.3 Å². The van der Waals surface area contributed by atoms with E-state index in [1.54, 1.807) is 0 Å². The second-order valence-corrected chi connectivity index (χ2v) is 5.16. The van der Waals surface area contributed by atoms with Crippen LogP contribution in [0.15, 0.2) is 24.3 Å². The molecule has 1 N–H and O–H groups in total. The van der Waals surface area contributed by atoms with E-state index in [0.29, 0.717) is 12.8 Å². The van der Waals surface area contributed by atoms with Gasteiger partial charge in [-0.05, 0) is 17.5 Å². The lowest BCUT2D eigenvalue weighted by atomic mass is 9.65. The lowest BCUT2D eigenvalue weighted by Gasteiger charge is -2.49. The molecule has 1 aromatic rings. The summed E-state index contributed by atoms with van der Waals surface area (Å²) in [6.45, 7) is 0. The summed E-state index contributed by atoms with van der Waals surface area (Å²) in [6, 6.07) is 7.75. The second kappa shape index (κ2) is 3.79. The predicted molar refractivity (Wildman–Crippen MR) is 65.1 cm³/mol. The van der Waals surface area contributed by atoms with Crippen molar-refractivity contribution in [2.24, 2.45) is 0 Å². The molecule has 0 saturated carbocycles. The number of rotatable bonds is 1. The van der Waals surface area contributed by atoms with E-state index < -0.39 is 23.1 Å². The highest BCUT2D eigenvalue weighted by molar-refractivity contribution is 6.07. The van der Waals surface area contributed by atoms with Gasteiger partial charge in [0.2, 0.25) is 0 Å². The third kappa shape index (κ3) is 1.50. The van der Waals surface area contributed by atoms with E-state index in [9.17, 15) is 14.0 Å². The highest BCUT2D eigenvalue weighted by Crippen LogP contribution is 2.46. The zero-order chi connectivity index (χ0) is 13.7. The molecule has 3 rings (SSSR count). The standard InChI is InChI=1S/C14H14FNO3/c1-19-12(18)14(15)7-6-13(16-11(14)17)8-9-4-2-3-5-10(9)13/h2-5H,6-8H2,1H3,(H,16,17)/t13-,14?/m1/s1. The first-order valence-electron chi connectivity index (χ1n) is 6.20. The minimum Gasteiger partial charge on any atom is -0.466 e. The molecule has 1 aliphatic carbocycles. The molecule has 1 unspecified atom stereocenters. The first kappa shape index (κ1) is 12.1. The number of esters is 1. The lowest BCUT2D eigenvalue weighted by molar-refractivity contribution is -0.165. The van der Waals surface area contributed by atoms with E-state index in [4.69, 9.17) is 0 Å². The van der Waals surface area contributed by atoms with Crippen LogP contribution in [0.3, 0.4) is 0 Å². The van der Waals surface area contributed by atoms with Gasteiger partial charge in [0.15, 0.2) is 0 Å². The number of fused-ring (bicyclic) bond motifs is 2. The van der Waals surface area contributed by atoms with Crippen molar-refractivity contribution in [1.29, 1.82) is 0 Å². The van der Waals surface area contributed by atoms with Crippen molar-refractivity contribution in [2.45, 2.75) is 30.5 Å². The number of benzene rings is 1.